The van der Waals surface area contributed by atoms with Crippen molar-refractivity contribution in [1.82, 2.24) is 14.8 Å². The molecule has 1 N–H and O–H groups in total. The van der Waals surface area contributed by atoms with Crippen molar-refractivity contribution < 1.29 is 22.1 Å². The summed E-state index contributed by atoms with van der Waals surface area (Å²) in [6, 6.07) is 13.4. The minimum Gasteiger partial charge on any atom is -0.355 e. The van der Waals surface area contributed by atoms with E-state index >= 15 is 0 Å². The average molecular weight is 518 g/mol. The molecule has 2 heterocycles. The number of hydrogen-bond donors (Lipinski definition) is 1. The van der Waals surface area contributed by atoms with Gasteiger partial charge >= 0.3 is 0 Å². The van der Waals surface area contributed by atoms with Gasteiger partial charge in [0.15, 0.2) is 10.7 Å². The first-order valence-electron chi connectivity index (χ1n) is 11.2. The Balaban J connectivity index is 1.42. The molecule has 10 heteroatoms. The van der Waals surface area contributed by atoms with Gasteiger partial charge < -0.3 is 9.84 Å². The van der Waals surface area contributed by atoms with E-state index in [9.17, 15) is 17.6 Å². The van der Waals surface area contributed by atoms with E-state index in [4.69, 9.17) is 16.1 Å². The maximum absolute atomic E-state index is 13.9. The largest absolute Gasteiger partial charge is 0.355 e. The zero-order chi connectivity index (χ0) is 25.0. The van der Waals surface area contributed by atoms with Crippen LogP contribution in [0.5, 0.6) is 0 Å². The summed E-state index contributed by atoms with van der Waals surface area (Å²) in [7, 11) is -3.92. The molecule has 4 rings (SSSR count). The van der Waals surface area contributed by atoms with Crippen molar-refractivity contribution in [3.8, 4) is 0 Å². The first kappa shape index (κ1) is 25.1. The fourth-order valence-electron chi connectivity index (χ4n) is 4.03. The van der Waals surface area contributed by atoms with Crippen molar-refractivity contribution in [3.63, 3.8) is 0 Å². The van der Waals surface area contributed by atoms with Crippen molar-refractivity contribution >= 4 is 39.7 Å². The van der Waals surface area contributed by atoms with Crippen LogP contribution in [0.2, 0.25) is 5.02 Å². The maximum Gasteiger partial charge on any atom is 0.248 e. The fourth-order valence-corrected chi connectivity index (χ4v) is 5.95. The SMILES string of the molecule is Cc1noc(C=Cc2ccccc2F)c1S(=O)(=O)N1CCC(C(=O)NCc2ccccc2Cl)CC1. The molecule has 0 spiro atoms. The van der Waals surface area contributed by atoms with E-state index in [2.05, 4.69) is 10.5 Å². The van der Waals surface area contributed by atoms with Crippen LogP contribution in [0, 0.1) is 18.7 Å². The first-order valence-corrected chi connectivity index (χ1v) is 13.0. The molecule has 0 bridgehead atoms. The Morgan fingerprint density at radius 1 is 1.17 bits per heavy atom. The second kappa shape index (κ2) is 10.7. The molecule has 0 radical (unpaired) electrons. The van der Waals surface area contributed by atoms with E-state index in [1.807, 2.05) is 18.2 Å². The van der Waals surface area contributed by atoms with E-state index < -0.39 is 15.8 Å². The summed E-state index contributed by atoms with van der Waals surface area (Å²) in [4.78, 5) is 12.6. The van der Waals surface area contributed by atoms with Crippen molar-refractivity contribution in [2.75, 3.05) is 13.1 Å². The monoisotopic (exact) mass is 517 g/mol. The van der Waals surface area contributed by atoms with Gasteiger partial charge in [0.25, 0.3) is 0 Å². The third-order valence-electron chi connectivity index (χ3n) is 5.99. The zero-order valence-corrected chi connectivity index (χ0v) is 20.7. The first-order chi connectivity index (χ1) is 16.8. The van der Waals surface area contributed by atoms with E-state index in [0.29, 0.717) is 30.0 Å². The predicted octanol–water partition coefficient (Wildman–Crippen LogP) is 4.66. The average Bonchev–Trinajstić information content (AvgIpc) is 3.24. The predicted molar refractivity (Wildman–Crippen MR) is 131 cm³/mol. The number of aryl methyl sites for hydroxylation is 1. The molecule has 1 aliphatic heterocycles. The van der Waals surface area contributed by atoms with Gasteiger partial charge in [-0.1, -0.05) is 53.2 Å². The number of nitrogens with zero attached hydrogens (tertiary/aromatic N) is 2. The molecule has 0 aliphatic carbocycles. The molecule has 3 aromatic rings. The van der Waals surface area contributed by atoms with Gasteiger partial charge in [-0.05, 0) is 49.6 Å². The normalized spacial score (nSPS) is 15.5. The number of sulfonamides is 1. The molecular weight excluding hydrogens is 493 g/mol. The fraction of sp³-hybridized carbons (Fsp3) is 0.280. The number of carbonyl (C=O) groups excluding carboxylic acids is 1. The summed E-state index contributed by atoms with van der Waals surface area (Å²) in [5.41, 5.74) is 1.34. The molecule has 2 aromatic carbocycles. The lowest BCUT2D eigenvalue weighted by Crippen LogP contribution is -2.43. The Kier molecular flexibility index (Phi) is 7.69. The van der Waals surface area contributed by atoms with Crippen LogP contribution < -0.4 is 5.32 Å². The number of rotatable bonds is 7. The molecular formula is C25H25ClFN3O4S. The van der Waals surface area contributed by atoms with Crippen molar-refractivity contribution in [2.24, 2.45) is 5.92 Å². The molecule has 1 aromatic heterocycles. The molecule has 1 aliphatic rings. The van der Waals surface area contributed by atoms with Crippen molar-refractivity contribution in [3.05, 3.63) is 82.0 Å². The van der Waals surface area contributed by atoms with Gasteiger partial charge in [-0.2, -0.15) is 4.31 Å². The Bertz CT molecular complexity index is 1350. The summed E-state index contributed by atoms with van der Waals surface area (Å²) in [5, 5.41) is 7.29. The van der Waals surface area contributed by atoms with Gasteiger partial charge in [0, 0.05) is 36.1 Å². The molecule has 1 amide bonds. The smallest absolute Gasteiger partial charge is 0.248 e. The van der Waals surface area contributed by atoms with Gasteiger partial charge in [0.1, 0.15) is 11.5 Å². The van der Waals surface area contributed by atoms with Gasteiger partial charge in [-0.15, -0.1) is 0 Å². The van der Waals surface area contributed by atoms with Crippen LogP contribution in [-0.4, -0.2) is 36.9 Å². The highest BCUT2D eigenvalue weighted by Gasteiger charge is 2.35. The molecule has 35 heavy (non-hydrogen) atoms. The molecule has 0 atom stereocenters. The van der Waals surface area contributed by atoms with E-state index in [1.54, 1.807) is 31.2 Å². The van der Waals surface area contributed by atoms with Gasteiger partial charge in [-0.3, -0.25) is 4.79 Å². The van der Waals surface area contributed by atoms with Gasteiger partial charge in [-0.25, -0.2) is 12.8 Å². The highest BCUT2D eigenvalue weighted by Crippen LogP contribution is 2.29. The number of aromatic nitrogens is 1. The summed E-state index contributed by atoms with van der Waals surface area (Å²) in [6.45, 7) is 2.24. The Morgan fingerprint density at radius 2 is 1.86 bits per heavy atom. The third kappa shape index (κ3) is 5.63. The zero-order valence-electron chi connectivity index (χ0n) is 19.1. The molecule has 7 nitrogen and oxygen atoms in total. The van der Waals surface area contributed by atoms with Gasteiger partial charge in [0.05, 0.1) is 0 Å². The Labute approximate surface area is 208 Å². The second-order valence-corrected chi connectivity index (χ2v) is 10.6. The number of halogens is 2. The maximum atomic E-state index is 13.9. The van der Waals surface area contributed by atoms with Crippen LogP contribution in [0.25, 0.3) is 12.2 Å². The highest BCUT2D eigenvalue weighted by molar-refractivity contribution is 7.89. The van der Waals surface area contributed by atoms with Crippen molar-refractivity contribution in [2.45, 2.75) is 31.2 Å². The molecule has 0 unspecified atom stereocenters. The number of benzene rings is 2. The molecule has 0 saturated carbocycles. The number of carbonyl (C=O) groups is 1. The minimum atomic E-state index is -3.92. The molecule has 184 valence electrons. The summed E-state index contributed by atoms with van der Waals surface area (Å²) >= 11 is 6.14. The van der Waals surface area contributed by atoms with Crippen molar-refractivity contribution in [1.29, 1.82) is 0 Å². The number of hydrogen-bond acceptors (Lipinski definition) is 5. The molecule has 1 fully saturated rings. The van der Waals surface area contributed by atoms with E-state index in [-0.39, 0.29) is 41.3 Å². The highest BCUT2D eigenvalue weighted by atomic mass is 35.5. The van der Waals surface area contributed by atoms with Crippen LogP contribution in [0.4, 0.5) is 4.39 Å². The van der Waals surface area contributed by atoms with Crippen LogP contribution in [0.15, 0.2) is 57.9 Å². The Morgan fingerprint density at radius 3 is 2.57 bits per heavy atom. The number of nitrogens with one attached hydrogen (secondary N) is 1. The van der Waals surface area contributed by atoms with Crippen LogP contribution in [0.3, 0.4) is 0 Å². The lowest BCUT2D eigenvalue weighted by Gasteiger charge is -2.30. The number of piperidine rings is 1. The van der Waals surface area contributed by atoms with Crippen LogP contribution >= 0.6 is 11.6 Å². The standard InChI is InChI=1S/C25H25ClFN3O4S/c1-17-24(23(34-29-17)11-10-18-6-3-5-9-22(18)27)35(32,33)30-14-12-19(13-15-30)25(31)28-16-20-7-2-4-8-21(20)26/h2-11,19H,12-16H2,1H3,(H,28,31). The topological polar surface area (TPSA) is 92.5 Å². The summed E-state index contributed by atoms with van der Waals surface area (Å²) in [5.74, 6) is -0.825. The van der Waals surface area contributed by atoms with Gasteiger partial charge in [0.2, 0.25) is 15.9 Å². The summed E-state index contributed by atoms with van der Waals surface area (Å²) < 4.78 is 47.3. The lowest BCUT2D eigenvalue weighted by atomic mass is 9.97. The third-order valence-corrected chi connectivity index (χ3v) is 8.41. The minimum absolute atomic E-state index is 0.0327. The molecule has 1 saturated heterocycles. The number of amides is 1. The van der Waals surface area contributed by atoms with E-state index in [0.717, 1.165) is 5.56 Å². The Hall–Kier alpha value is -3.01. The van der Waals surface area contributed by atoms with Crippen LogP contribution in [0.1, 0.15) is 35.4 Å². The summed E-state index contributed by atoms with van der Waals surface area (Å²) in [6.07, 6.45) is 3.63. The lowest BCUT2D eigenvalue weighted by molar-refractivity contribution is -0.126. The quantitative estimate of drug-likeness (QED) is 0.492. The van der Waals surface area contributed by atoms with Crippen LogP contribution in [-0.2, 0) is 21.4 Å². The second-order valence-electron chi connectivity index (χ2n) is 8.30. The van der Waals surface area contributed by atoms with E-state index in [1.165, 1.54) is 22.5 Å².